The van der Waals surface area contributed by atoms with Gasteiger partial charge in [0.05, 0.1) is 13.2 Å². The number of hydrogen-bond donors (Lipinski definition) is 2. The number of methoxy groups -OCH3 is 1. The number of morpholine rings is 1. The van der Waals surface area contributed by atoms with E-state index in [1.165, 1.54) is 0 Å². The second-order valence-corrected chi connectivity index (χ2v) is 5.61. The highest BCUT2D eigenvalue weighted by molar-refractivity contribution is 5.84. The molecule has 1 aliphatic heterocycles. The summed E-state index contributed by atoms with van der Waals surface area (Å²) in [5.74, 6) is 0.653. The zero-order chi connectivity index (χ0) is 16.9. The molecule has 0 aromatic heterocycles. The molecule has 1 fully saturated rings. The van der Waals surface area contributed by atoms with E-state index in [0.29, 0.717) is 12.6 Å². The van der Waals surface area contributed by atoms with Crippen LogP contribution in [0, 0.1) is 0 Å². The largest absolute Gasteiger partial charge is 0.385 e. The molecule has 0 aliphatic carbocycles. The van der Waals surface area contributed by atoms with E-state index in [1.54, 1.807) is 26.1 Å². The quantitative estimate of drug-likeness (QED) is 0.320. The molecule has 0 atom stereocenters. The number of amides is 1. The van der Waals surface area contributed by atoms with Crippen molar-refractivity contribution in [3.63, 3.8) is 0 Å². The van der Waals surface area contributed by atoms with Crippen LogP contribution in [0.5, 0.6) is 0 Å². The van der Waals surface area contributed by atoms with Crippen LogP contribution in [0.3, 0.4) is 0 Å². The third-order valence-electron chi connectivity index (χ3n) is 3.51. The summed E-state index contributed by atoms with van der Waals surface area (Å²) in [4.78, 5) is 19.9. The Morgan fingerprint density at radius 1 is 1.26 bits per heavy atom. The maximum atomic E-state index is 11.7. The van der Waals surface area contributed by atoms with Crippen molar-refractivity contribution < 1.29 is 14.3 Å². The van der Waals surface area contributed by atoms with Crippen LogP contribution in [0.4, 0.5) is 0 Å². The van der Waals surface area contributed by atoms with Gasteiger partial charge in [-0.1, -0.05) is 0 Å². The molecule has 1 rings (SSSR count). The maximum absolute atomic E-state index is 11.7. The molecule has 1 aliphatic rings. The van der Waals surface area contributed by atoms with Crippen molar-refractivity contribution in [2.75, 3.05) is 80.3 Å². The third kappa shape index (κ3) is 9.37. The van der Waals surface area contributed by atoms with Crippen LogP contribution >= 0.6 is 0 Å². The molecule has 1 heterocycles. The Morgan fingerprint density at radius 2 is 1.96 bits per heavy atom. The number of nitrogens with one attached hydrogen (secondary N) is 2. The smallest absolute Gasteiger partial charge is 0.243 e. The number of nitrogens with zero attached hydrogens (tertiary/aromatic N) is 3. The summed E-state index contributed by atoms with van der Waals surface area (Å²) in [5, 5.41) is 6.51. The van der Waals surface area contributed by atoms with Gasteiger partial charge in [-0.05, 0) is 6.42 Å². The predicted octanol–water partition coefficient (Wildman–Crippen LogP) is -1.02. The van der Waals surface area contributed by atoms with Crippen molar-refractivity contribution in [2.24, 2.45) is 4.99 Å². The minimum absolute atomic E-state index is 0.0174. The lowest BCUT2D eigenvalue weighted by atomic mass is 10.4. The summed E-state index contributed by atoms with van der Waals surface area (Å²) < 4.78 is 10.4. The molecule has 0 aromatic rings. The number of hydrogen-bond acceptors (Lipinski definition) is 5. The van der Waals surface area contributed by atoms with Gasteiger partial charge >= 0.3 is 0 Å². The summed E-state index contributed by atoms with van der Waals surface area (Å²) in [7, 11) is 5.15. The SMILES string of the molecule is COCCCNC(=NCC(=O)N(C)C)NCCN1CCOCC1. The van der Waals surface area contributed by atoms with Crippen LogP contribution in [0.1, 0.15) is 6.42 Å². The lowest BCUT2D eigenvalue weighted by molar-refractivity contribution is -0.127. The van der Waals surface area contributed by atoms with Gasteiger partial charge in [-0.3, -0.25) is 9.69 Å². The fourth-order valence-corrected chi connectivity index (χ4v) is 2.04. The van der Waals surface area contributed by atoms with Gasteiger partial charge in [0.15, 0.2) is 5.96 Å². The molecule has 8 heteroatoms. The van der Waals surface area contributed by atoms with E-state index in [2.05, 4.69) is 20.5 Å². The molecule has 0 bridgehead atoms. The first-order valence-corrected chi connectivity index (χ1v) is 8.15. The molecule has 0 unspecified atom stereocenters. The van der Waals surface area contributed by atoms with Crippen molar-refractivity contribution in [3.8, 4) is 0 Å². The van der Waals surface area contributed by atoms with Crippen LogP contribution < -0.4 is 10.6 Å². The first kappa shape index (κ1) is 19.7. The Labute approximate surface area is 139 Å². The summed E-state index contributed by atoms with van der Waals surface area (Å²) in [6, 6.07) is 0. The van der Waals surface area contributed by atoms with E-state index in [-0.39, 0.29) is 12.5 Å². The number of aliphatic imine (C=N–C) groups is 1. The molecule has 0 spiro atoms. The average Bonchev–Trinajstić information content (AvgIpc) is 2.56. The fraction of sp³-hybridized carbons (Fsp3) is 0.867. The molecule has 1 saturated heterocycles. The van der Waals surface area contributed by atoms with Gasteiger partial charge in [0.1, 0.15) is 6.54 Å². The minimum atomic E-state index is -0.0174. The molecule has 2 N–H and O–H groups in total. The van der Waals surface area contributed by atoms with Gasteiger partial charge < -0.3 is 25.0 Å². The van der Waals surface area contributed by atoms with Gasteiger partial charge in [0.2, 0.25) is 5.91 Å². The number of carbonyl (C=O) groups is 1. The Morgan fingerprint density at radius 3 is 2.61 bits per heavy atom. The van der Waals surface area contributed by atoms with Crippen molar-refractivity contribution in [2.45, 2.75) is 6.42 Å². The van der Waals surface area contributed by atoms with Crippen LogP contribution in [0.15, 0.2) is 4.99 Å². The van der Waals surface area contributed by atoms with Gasteiger partial charge in [0, 0.05) is 60.5 Å². The average molecular weight is 329 g/mol. The minimum Gasteiger partial charge on any atom is -0.385 e. The third-order valence-corrected chi connectivity index (χ3v) is 3.51. The van der Waals surface area contributed by atoms with E-state index in [1.807, 2.05) is 0 Å². The molecule has 1 amide bonds. The highest BCUT2D eigenvalue weighted by Gasteiger charge is 2.10. The second kappa shape index (κ2) is 12.1. The normalized spacial score (nSPS) is 16.2. The molecule has 0 aromatic carbocycles. The fourth-order valence-electron chi connectivity index (χ4n) is 2.04. The summed E-state index contributed by atoms with van der Waals surface area (Å²) in [6.07, 6.45) is 0.891. The Balaban J connectivity index is 2.35. The zero-order valence-electron chi connectivity index (χ0n) is 14.6. The molecular formula is C15H31N5O3. The van der Waals surface area contributed by atoms with Gasteiger partial charge in [0.25, 0.3) is 0 Å². The number of ether oxygens (including phenoxy) is 2. The number of guanidine groups is 1. The van der Waals surface area contributed by atoms with Crippen molar-refractivity contribution in [1.82, 2.24) is 20.4 Å². The first-order chi connectivity index (χ1) is 11.1. The van der Waals surface area contributed by atoms with E-state index in [9.17, 15) is 4.79 Å². The lowest BCUT2D eigenvalue weighted by Gasteiger charge is -2.26. The lowest BCUT2D eigenvalue weighted by Crippen LogP contribution is -2.45. The Hall–Kier alpha value is -1.38. The summed E-state index contributed by atoms with van der Waals surface area (Å²) >= 11 is 0. The second-order valence-electron chi connectivity index (χ2n) is 5.61. The van der Waals surface area contributed by atoms with Gasteiger partial charge in [-0.25, -0.2) is 4.99 Å². The number of rotatable bonds is 9. The van der Waals surface area contributed by atoms with E-state index in [4.69, 9.17) is 9.47 Å². The number of carbonyl (C=O) groups excluding carboxylic acids is 1. The maximum Gasteiger partial charge on any atom is 0.243 e. The number of likely N-dealkylation sites (N-methyl/N-ethyl adjacent to an activating group) is 1. The van der Waals surface area contributed by atoms with E-state index >= 15 is 0 Å². The summed E-state index contributed by atoms with van der Waals surface area (Å²) in [6.45, 7) is 6.85. The molecule has 0 saturated carbocycles. The van der Waals surface area contributed by atoms with Gasteiger partial charge in [-0.2, -0.15) is 0 Å². The van der Waals surface area contributed by atoms with Crippen molar-refractivity contribution in [1.29, 1.82) is 0 Å². The van der Waals surface area contributed by atoms with E-state index in [0.717, 1.165) is 52.4 Å². The topological polar surface area (TPSA) is 78.4 Å². The summed E-state index contributed by atoms with van der Waals surface area (Å²) in [5.41, 5.74) is 0. The van der Waals surface area contributed by atoms with Crippen molar-refractivity contribution in [3.05, 3.63) is 0 Å². The zero-order valence-corrected chi connectivity index (χ0v) is 14.6. The van der Waals surface area contributed by atoms with Crippen molar-refractivity contribution >= 4 is 11.9 Å². The van der Waals surface area contributed by atoms with Crippen LogP contribution in [0.2, 0.25) is 0 Å². The van der Waals surface area contributed by atoms with Crippen LogP contribution in [0.25, 0.3) is 0 Å². The monoisotopic (exact) mass is 329 g/mol. The first-order valence-electron chi connectivity index (χ1n) is 8.15. The Bertz CT molecular complexity index is 357. The standard InChI is InChI=1S/C15H31N5O3/c1-19(2)14(21)13-18-15(16-5-4-10-22-3)17-6-7-20-8-11-23-12-9-20/h4-13H2,1-3H3,(H2,16,17,18). The molecule has 0 radical (unpaired) electrons. The molecule has 23 heavy (non-hydrogen) atoms. The van der Waals surface area contributed by atoms with Gasteiger partial charge in [-0.15, -0.1) is 0 Å². The molecular weight excluding hydrogens is 298 g/mol. The molecule has 134 valence electrons. The molecule has 8 nitrogen and oxygen atoms in total. The highest BCUT2D eigenvalue weighted by atomic mass is 16.5. The van der Waals surface area contributed by atoms with E-state index < -0.39 is 0 Å². The highest BCUT2D eigenvalue weighted by Crippen LogP contribution is 1.94. The van der Waals surface area contributed by atoms with Crippen LogP contribution in [-0.2, 0) is 14.3 Å². The predicted molar refractivity (Wildman–Crippen MR) is 90.8 cm³/mol. The Kier molecular flexibility index (Phi) is 10.3. The van der Waals surface area contributed by atoms with Crippen LogP contribution in [-0.4, -0.2) is 102 Å².